The molecule has 3 rings (SSSR count). The second kappa shape index (κ2) is 6.01. The number of hydrogen-bond donors (Lipinski definition) is 1. The zero-order valence-corrected chi connectivity index (χ0v) is 11.9. The van der Waals surface area contributed by atoms with Crippen molar-refractivity contribution in [1.82, 2.24) is 25.0 Å². The van der Waals surface area contributed by atoms with Crippen LogP contribution in [0.25, 0.3) is 0 Å². The minimum atomic E-state index is 0.699. The van der Waals surface area contributed by atoms with Gasteiger partial charge in [-0.1, -0.05) is 6.92 Å². The summed E-state index contributed by atoms with van der Waals surface area (Å²) in [5.41, 5.74) is 0. The molecule has 5 heteroatoms. The van der Waals surface area contributed by atoms with E-state index < -0.39 is 0 Å². The Hall–Kier alpha value is -0.940. The maximum absolute atomic E-state index is 4.45. The second-order valence-electron chi connectivity index (χ2n) is 5.78. The van der Waals surface area contributed by atoms with E-state index in [9.17, 15) is 0 Å². The Kier molecular flexibility index (Phi) is 4.13. The van der Waals surface area contributed by atoms with Crippen molar-refractivity contribution < 1.29 is 0 Å². The van der Waals surface area contributed by atoms with E-state index >= 15 is 0 Å². The van der Waals surface area contributed by atoms with Gasteiger partial charge < -0.3 is 5.32 Å². The number of aryl methyl sites for hydroxylation is 1. The lowest BCUT2D eigenvalue weighted by atomic mass is 10.0. The van der Waals surface area contributed by atoms with Gasteiger partial charge in [0.25, 0.3) is 0 Å². The highest BCUT2D eigenvalue weighted by molar-refractivity contribution is 4.95. The highest BCUT2D eigenvalue weighted by Gasteiger charge is 2.33. The fourth-order valence-corrected chi connectivity index (χ4v) is 3.53. The van der Waals surface area contributed by atoms with Crippen molar-refractivity contribution in [3.05, 3.63) is 12.2 Å². The van der Waals surface area contributed by atoms with Gasteiger partial charge in [-0.05, 0) is 45.2 Å². The molecule has 2 atom stereocenters. The summed E-state index contributed by atoms with van der Waals surface area (Å²) in [5.74, 6) is 1.13. The van der Waals surface area contributed by atoms with E-state index in [-0.39, 0.29) is 0 Å². The van der Waals surface area contributed by atoms with Crippen molar-refractivity contribution in [3.8, 4) is 0 Å². The molecule has 2 unspecified atom stereocenters. The standard InChI is InChI=1S/C14H25N5/c1-2-8-19-14(16-11-17-19)10-18-9-4-6-13(18)12-5-3-7-15-12/h11-13,15H,2-10H2,1H3. The van der Waals surface area contributed by atoms with Gasteiger partial charge >= 0.3 is 0 Å². The van der Waals surface area contributed by atoms with Crippen molar-refractivity contribution in [2.24, 2.45) is 0 Å². The summed E-state index contributed by atoms with van der Waals surface area (Å²) in [6.07, 6.45) is 8.14. The lowest BCUT2D eigenvalue weighted by Crippen LogP contribution is -2.43. The molecule has 19 heavy (non-hydrogen) atoms. The number of nitrogens with zero attached hydrogens (tertiary/aromatic N) is 4. The normalized spacial score (nSPS) is 28.3. The zero-order valence-electron chi connectivity index (χ0n) is 11.9. The monoisotopic (exact) mass is 263 g/mol. The van der Waals surface area contributed by atoms with Gasteiger partial charge in [0.15, 0.2) is 0 Å². The highest BCUT2D eigenvalue weighted by atomic mass is 15.4. The van der Waals surface area contributed by atoms with Crippen LogP contribution >= 0.6 is 0 Å². The summed E-state index contributed by atoms with van der Waals surface area (Å²) >= 11 is 0. The Morgan fingerprint density at radius 2 is 2.32 bits per heavy atom. The van der Waals surface area contributed by atoms with E-state index in [4.69, 9.17) is 0 Å². The first-order valence-corrected chi connectivity index (χ1v) is 7.72. The van der Waals surface area contributed by atoms with Gasteiger partial charge in [0.05, 0.1) is 6.54 Å². The number of aromatic nitrogens is 3. The molecule has 1 aromatic rings. The first kappa shape index (κ1) is 13.1. The molecule has 2 fully saturated rings. The third-order valence-corrected chi connectivity index (χ3v) is 4.45. The van der Waals surface area contributed by atoms with Crippen LogP contribution in [-0.2, 0) is 13.1 Å². The molecule has 3 heterocycles. The Morgan fingerprint density at radius 1 is 1.37 bits per heavy atom. The first-order chi connectivity index (χ1) is 9.38. The molecular formula is C14H25N5. The first-order valence-electron chi connectivity index (χ1n) is 7.72. The van der Waals surface area contributed by atoms with Crippen molar-refractivity contribution >= 4 is 0 Å². The molecule has 2 saturated heterocycles. The van der Waals surface area contributed by atoms with Crippen LogP contribution in [0.2, 0.25) is 0 Å². The van der Waals surface area contributed by atoms with Crippen LogP contribution < -0.4 is 5.32 Å². The summed E-state index contributed by atoms with van der Waals surface area (Å²) in [4.78, 5) is 7.06. The van der Waals surface area contributed by atoms with Gasteiger partial charge in [-0.3, -0.25) is 4.90 Å². The molecule has 0 saturated carbocycles. The fourth-order valence-electron chi connectivity index (χ4n) is 3.53. The number of likely N-dealkylation sites (tertiary alicyclic amines) is 1. The molecule has 1 aromatic heterocycles. The van der Waals surface area contributed by atoms with Gasteiger partial charge in [-0.15, -0.1) is 0 Å². The van der Waals surface area contributed by atoms with Gasteiger partial charge in [0.1, 0.15) is 12.2 Å². The quantitative estimate of drug-likeness (QED) is 0.872. The SMILES string of the molecule is CCCn1ncnc1CN1CCCC1C1CCCN1. The average molecular weight is 263 g/mol. The molecule has 2 aliphatic heterocycles. The lowest BCUT2D eigenvalue weighted by molar-refractivity contribution is 0.198. The Labute approximate surface area is 115 Å². The van der Waals surface area contributed by atoms with Crippen molar-refractivity contribution in [3.63, 3.8) is 0 Å². The zero-order chi connectivity index (χ0) is 13.1. The molecule has 0 radical (unpaired) electrons. The summed E-state index contributed by atoms with van der Waals surface area (Å²) in [6.45, 7) is 6.54. The largest absolute Gasteiger partial charge is 0.312 e. The number of rotatable bonds is 5. The maximum atomic E-state index is 4.45. The van der Waals surface area contributed by atoms with Crippen LogP contribution in [0.15, 0.2) is 6.33 Å². The van der Waals surface area contributed by atoms with Crippen LogP contribution in [-0.4, -0.2) is 44.8 Å². The summed E-state index contributed by atoms with van der Waals surface area (Å²) in [6, 6.07) is 1.40. The molecule has 2 aliphatic rings. The van der Waals surface area contributed by atoms with Crippen LogP contribution in [0.1, 0.15) is 44.9 Å². The molecule has 0 aromatic carbocycles. The molecule has 1 N–H and O–H groups in total. The summed E-state index contributed by atoms with van der Waals surface area (Å²) in [5, 5.41) is 8.00. The highest BCUT2D eigenvalue weighted by Crippen LogP contribution is 2.26. The minimum Gasteiger partial charge on any atom is -0.312 e. The molecule has 5 nitrogen and oxygen atoms in total. The second-order valence-corrected chi connectivity index (χ2v) is 5.78. The van der Waals surface area contributed by atoms with Crippen LogP contribution in [0.3, 0.4) is 0 Å². The van der Waals surface area contributed by atoms with E-state index in [0.29, 0.717) is 12.1 Å². The van der Waals surface area contributed by atoms with Gasteiger partial charge in [-0.2, -0.15) is 5.10 Å². The summed E-state index contributed by atoms with van der Waals surface area (Å²) < 4.78 is 2.07. The maximum Gasteiger partial charge on any atom is 0.141 e. The topological polar surface area (TPSA) is 46.0 Å². The number of hydrogen-bond acceptors (Lipinski definition) is 4. The van der Waals surface area contributed by atoms with Crippen molar-refractivity contribution in [2.45, 2.75) is 64.2 Å². The van der Waals surface area contributed by atoms with Gasteiger partial charge in [0, 0.05) is 18.6 Å². The molecule has 106 valence electrons. The van der Waals surface area contributed by atoms with Crippen LogP contribution in [0.5, 0.6) is 0 Å². The molecule has 0 amide bonds. The van der Waals surface area contributed by atoms with Gasteiger partial charge in [0.2, 0.25) is 0 Å². The van der Waals surface area contributed by atoms with Gasteiger partial charge in [-0.25, -0.2) is 9.67 Å². The third kappa shape index (κ3) is 2.82. The Balaban J connectivity index is 1.65. The van der Waals surface area contributed by atoms with Crippen molar-refractivity contribution in [1.29, 1.82) is 0 Å². The predicted octanol–water partition coefficient (Wildman–Crippen LogP) is 1.40. The van der Waals surface area contributed by atoms with E-state index in [0.717, 1.165) is 25.3 Å². The fraction of sp³-hybridized carbons (Fsp3) is 0.857. The van der Waals surface area contributed by atoms with Crippen LogP contribution in [0.4, 0.5) is 0 Å². The smallest absolute Gasteiger partial charge is 0.141 e. The van der Waals surface area contributed by atoms with E-state index in [1.165, 1.54) is 38.8 Å². The predicted molar refractivity (Wildman–Crippen MR) is 74.8 cm³/mol. The minimum absolute atomic E-state index is 0.699. The van der Waals surface area contributed by atoms with Crippen molar-refractivity contribution in [2.75, 3.05) is 13.1 Å². The van der Waals surface area contributed by atoms with E-state index in [1.54, 1.807) is 6.33 Å². The average Bonchev–Trinajstić information content (AvgIpc) is 3.12. The van der Waals surface area contributed by atoms with E-state index in [2.05, 4.69) is 31.9 Å². The third-order valence-electron chi connectivity index (χ3n) is 4.45. The lowest BCUT2D eigenvalue weighted by Gasteiger charge is -2.29. The van der Waals surface area contributed by atoms with Crippen LogP contribution in [0, 0.1) is 0 Å². The molecule has 0 spiro atoms. The molecular weight excluding hydrogens is 238 g/mol. The summed E-state index contributed by atoms with van der Waals surface area (Å²) in [7, 11) is 0. The molecule has 0 bridgehead atoms. The molecule has 0 aliphatic carbocycles. The Bertz CT molecular complexity index is 396. The van der Waals surface area contributed by atoms with E-state index in [1.807, 2.05) is 0 Å². The Morgan fingerprint density at radius 3 is 3.11 bits per heavy atom. The number of nitrogens with one attached hydrogen (secondary N) is 1.